The molecule has 0 spiro atoms. The molecule has 9 nitrogen and oxygen atoms in total. The van der Waals surface area contributed by atoms with Crippen molar-refractivity contribution in [1.82, 2.24) is 20.1 Å². The molecule has 0 unspecified atom stereocenters. The number of nitrogens with one attached hydrogen (secondary N) is 3. The van der Waals surface area contributed by atoms with E-state index in [1.54, 1.807) is 48.9 Å². The second-order valence-electron chi connectivity index (χ2n) is 8.71. The number of anilines is 2. The van der Waals surface area contributed by atoms with Crippen LogP contribution in [0.3, 0.4) is 0 Å². The fraction of sp³-hybridized carbons (Fsp3) is 0.280. The Morgan fingerprint density at radius 3 is 2.50 bits per heavy atom. The average molecular weight is 459 g/mol. The van der Waals surface area contributed by atoms with E-state index in [4.69, 9.17) is 9.40 Å². The van der Waals surface area contributed by atoms with Gasteiger partial charge < -0.3 is 20.4 Å². The van der Waals surface area contributed by atoms with Gasteiger partial charge in [0.15, 0.2) is 5.65 Å². The zero-order valence-corrected chi connectivity index (χ0v) is 19.0. The first-order valence-corrected chi connectivity index (χ1v) is 11.3. The Labute approximate surface area is 196 Å². The zero-order chi connectivity index (χ0) is 23.7. The van der Waals surface area contributed by atoms with Crippen molar-refractivity contribution in [3.8, 4) is 0 Å². The highest BCUT2D eigenvalue weighted by Crippen LogP contribution is 2.40. The van der Waals surface area contributed by atoms with Crippen molar-refractivity contribution >= 4 is 34.3 Å². The Hall–Kier alpha value is -4.14. The summed E-state index contributed by atoms with van der Waals surface area (Å²) in [6.45, 7) is 4.39. The van der Waals surface area contributed by atoms with Gasteiger partial charge in [-0.05, 0) is 69.2 Å². The van der Waals surface area contributed by atoms with Gasteiger partial charge in [-0.2, -0.15) is 5.10 Å². The van der Waals surface area contributed by atoms with Crippen LogP contribution in [0.1, 0.15) is 60.5 Å². The number of aromatic nitrogens is 3. The number of pyridine rings is 1. The van der Waals surface area contributed by atoms with Crippen LogP contribution in [0, 0.1) is 0 Å². The lowest BCUT2D eigenvalue weighted by atomic mass is 10.1. The summed E-state index contributed by atoms with van der Waals surface area (Å²) >= 11 is 0. The van der Waals surface area contributed by atoms with Crippen LogP contribution in [0.15, 0.2) is 59.3 Å². The van der Waals surface area contributed by atoms with Gasteiger partial charge in [-0.1, -0.05) is 0 Å². The van der Waals surface area contributed by atoms with E-state index in [9.17, 15) is 9.59 Å². The number of carbonyl (C=O) groups is 2. The van der Waals surface area contributed by atoms with E-state index >= 15 is 0 Å². The molecule has 0 saturated heterocycles. The highest BCUT2D eigenvalue weighted by Gasteiger charge is 2.28. The van der Waals surface area contributed by atoms with Gasteiger partial charge in [0.1, 0.15) is 5.76 Å². The number of fused-ring (bicyclic) bond motifs is 1. The predicted octanol–water partition coefficient (Wildman–Crippen LogP) is 5.06. The fourth-order valence-corrected chi connectivity index (χ4v) is 3.78. The number of furan rings is 1. The monoisotopic (exact) mass is 458 g/mol. The van der Waals surface area contributed by atoms with E-state index < -0.39 is 0 Å². The van der Waals surface area contributed by atoms with Crippen LogP contribution < -0.4 is 16.0 Å². The Bertz CT molecular complexity index is 1320. The molecule has 0 atom stereocenters. The summed E-state index contributed by atoms with van der Waals surface area (Å²) in [6, 6.07) is 12.2. The lowest BCUT2D eigenvalue weighted by molar-refractivity contribution is 0.102. The Kier molecular flexibility index (Phi) is 5.75. The van der Waals surface area contributed by atoms with Crippen LogP contribution in [-0.4, -0.2) is 26.7 Å². The Balaban J connectivity index is 1.28. The lowest BCUT2D eigenvalue weighted by Gasteiger charge is -2.11. The second kappa shape index (κ2) is 9.01. The third-order valence-corrected chi connectivity index (χ3v) is 5.72. The summed E-state index contributed by atoms with van der Waals surface area (Å²) in [5.41, 5.74) is 3.49. The minimum absolute atomic E-state index is 0.145. The minimum atomic E-state index is -0.345. The molecule has 5 rings (SSSR count). The summed E-state index contributed by atoms with van der Waals surface area (Å²) < 4.78 is 7.05. The van der Waals surface area contributed by atoms with E-state index in [1.807, 2.05) is 24.6 Å². The largest absolute Gasteiger partial charge is 0.467 e. The highest BCUT2D eigenvalue weighted by atomic mass is 16.3. The van der Waals surface area contributed by atoms with Crippen LogP contribution in [-0.2, 0) is 6.54 Å². The quantitative estimate of drug-likeness (QED) is 0.358. The van der Waals surface area contributed by atoms with E-state index in [0.29, 0.717) is 35.2 Å². The van der Waals surface area contributed by atoms with Gasteiger partial charge in [0.2, 0.25) is 0 Å². The standard InChI is InChI=1S/C25H26N6O3/c1-15(2)31-23-21(14-27-31)20(12-22(30-23)16-5-6-16)24(32)28-17-7-9-18(10-8-17)29-25(33)26-13-19-4-3-11-34-19/h3-4,7-12,14-16H,5-6,13H2,1-2H3,(H,28,32)(H2,26,29,33). The highest BCUT2D eigenvalue weighted by molar-refractivity contribution is 6.12. The molecule has 34 heavy (non-hydrogen) atoms. The number of urea groups is 1. The molecule has 0 radical (unpaired) electrons. The fourth-order valence-electron chi connectivity index (χ4n) is 3.78. The minimum Gasteiger partial charge on any atom is -0.467 e. The smallest absolute Gasteiger partial charge is 0.319 e. The van der Waals surface area contributed by atoms with Gasteiger partial charge in [0.05, 0.1) is 30.0 Å². The van der Waals surface area contributed by atoms with Gasteiger partial charge in [0, 0.05) is 29.0 Å². The number of nitrogens with zero attached hydrogens (tertiary/aromatic N) is 3. The first-order chi connectivity index (χ1) is 16.5. The van der Waals surface area contributed by atoms with E-state index in [-0.39, 0.29) is 18.0 Å². The predicted molar refractivity (Wildman–Crippen MR) is 129 cm³/mol. The molecule has 4 aromatic rings. The van der Waals surface area contributed by atoms with Gasteiger partial charge in [-0.3, -0.25) is 4.79 Å². The molecule has 1 aliphatic rings. The van der Waals surface area contributed by atoms with Gasteiger partial charge in [0.25, 0.3) is 5.91 Å². The summed E-state index contributed by atoms with van der Waals surface area (Å²) in [5, 5.41) is 13.6. The second-order valence-corrected chi connectivity index (χ2v) is 8.71. The number of carbonyl (C=O) groups excluding carboxylic acids is 2. The third-order valence-electron chi connectivity index (χ3n) is 5.72. The molecule has 1 aromatic carbocycles. The topological polar surface area (TPSA) is 114 Å². The summed E-state index contributed by atoms with van der Waals surface area (Å²) in [5.74, 6) is 0.868. The van der Waals surface area contributed by atoms with Gasteiger partial charge in [-0.15, -0.1) is 0 Å². The molecule has 3 aromatic heterocycles. The number of amides is 3. The summed E-state index contributed by atoms with van der Waals surface area (Å²) in [6.07, 6.45) is 5.46. The number of rotatable bonds is 7. The first-order valence-electron chi connectivity index (χ1n) is 11.3. The maximum Gasteiger partial charge on any atom is 0.319 e. The first kappa shape index (κ1) is 21.7. The van der Waals surface area contributed by atoms with Crippen molar-refractivity contribution in [2.75, 3.05) is 10.6 Å². The molecular formula is C25H26N6O3. The average Bonchev–Trinajstić information content (AvgIpc) is 3.36. The number of hydrogen-bond acceptors (Lipinski definition) is 5. The summed E-state index contributed by atoms with van der Waals surface area (Å²) in [4.78, 5) is 30.1. The van der Waals surface area contributed by atoms with Crippen LogP contribution in [0.4, 0.5) is 16.2 Å². The molecular weight excluding hydrogens is 432 g/mol. The molecule has 174 valence electrons. The van der Waals surface area contributed by atoms with Crippen molar-refractivity contribution in [2.24, 2.45) is 0 Å². The molecule has 0 bridgehead atoms. The molecule has 3 N–H and O–H groups in total. The van der Waals surface area contributed by atoms with Crippen molar-refractivity contribution in [2.45, 2.75) is 45.2 Å². The van der Waals surface area contributed by atoms with Crippen LogP contribution >= 0.6 is 0 Å². The van der Waals surface area contributed by atoms with Gasteiger partial charge >= 0.3 is 6.03 Å². The normalized spacial score (nSPS) is 13.3. The van der Waals surface area contributed by atoms with Crippen molar-refractivity contribution in [3.63, 3.8) is 0 Å². The van der Waals surface area contributed by atoms with E-state index in [1.165, 1.54) is 0 Å². The maximum absolute atomic E-state index is 13.2. The number of hydrogen-bond donors (Lipinski definition) is 3. The molecule has 1 fully saturated rings. The maximum atomic E-state index is 13.2. The van der Waals surface area contributed by atoms with E-state index in [0.717, 1.165) is 29.6 Å². The molecule has 1 aliphatic carbocycles. The molecule has 1 saturated carbocycles. The molecule has 0 aliphatic heterocycles. The van der Waals surface area contributed by atoms with Gasteiger partial charge in [-0.25, -0.2) is 14.5 Å². The Morgan fingerprint density at radius 2 is 1.85 bits per heavy atom. The molecule has 3 heterocycles. The van der Waals surface area contributed by atoms with Crippen molar-refractivity contribution in [3.05, 3.63) is 71.9 Å². The van der Waals surface area contributed by atoms with E-state index in [2.05, 4.69) is 21.0 Å². The van der Waals surface area contributed by atoms with Crippen molar-refractivity contribution in [1.29, 1.82) is 0 Å². The van der Waals surface area contributed by atoms with Crippen LogP contribution in [0.2, 0.25) is 0 Å². The molecule has 3 amide bonds. The SMILES string of the molecule is CC(C)n1ncc2c(C(=O)Nc3ccc(NC(=O)NCc4ccco4)cc3)cc(C3CC3)nc21. The molecule has 9 heteroatoms. The Morgan fingerprint density at radius 1 is 1.12 bits per heavy atom. The lowest BCUT2D eigenvalue weighted by Crippen LogP contribution is -2.27. The van der Waals surface area contributed by atoms with Crippen LogP contribution in [0.5, 0.6) is 0 Å². The third kappa shape index (κ3) is 4.63. The number of benzene rings is 1. The zero-order valence-electron chi connectivity index (χ0n) is 19.0. The van der Waals surface area contributed by atoms with Crippen LogP contribution in [0.25, 0.3) is 11.0 Å². The van der Waals surface area contributed by atoms with Crippen molar-refractivity contribution < 1.29 is 14.0 Å². The summed E-state index contributed by atoms with van der Waals surface area (Å²) in [7, 11) is 0.